The van der Waals surface area contributed by atoms with Crippen molar-refractivity contribution in [2.24, 2.45) is 0 Å². The number of rotatable bonds is 6. The molecular formula is C24H29FN2O2. The van der Waals surface area contributed by atoms with Gasteiger partial charge in [-0.1, -0.05) is 55.3 Å². The molecule has 2 aromatic rings. The van der Waals surface area contributed by atoms with E-state index in [1.165, 1.54) is 17.7 Å². The Morgan fingerprint density at radius 2 is 1.79 bits per heavy atom. The zero-order chi connectivity index (χ0) is 20.3. The highest BCUT2D eigenvalue weighted by molar-refractivity contribution is 5.88. The lowest BCUT2D eigenvalue weighted by Gasteiger charge is -2.30. The first-order valence-corrected chi connectivity index (χ1v) is 10.6. The molecular weight excluding hydrogens is 367 g/mol. The minimum absolute atomic E-state index is 0.0302. The molecule has 2 aliphatic rings. The summed E-state index contributed by atoms with van der Waals surface area (Å²) in [5.41, 5.74) is 1.55. The summed E-state index contributed by atoms with van der Waals surface area (Å²) in [7, 11) is 0. The zero-order valence-electron chi connectivity index (χ0n) is 16.7. The Hall–Kier alpha value is -2.24. The van der Waals surface area contributed by atoms with E-state index < -0.39 is 5.41 Å². The van der Waals surface area contributed by atoms with Crippen molar-refractivity contribution in [3.05, 3.63) is 71.5 Å². The number of carbonyl (C=O) groups excluding carboxylic acids is 1. The van der Waals surface area contributed by atoms with Crippen LogP contribution in [0.5, 0.6) is 0 Å². The summed E-state index contributed by atoms with van der Waals surface area (Å²) in [6.07, 6.45) is 3.91. The third-order valence-corrected chi connectivity index (χ3v) is 6.52. The van der Waals surface area contributed by atoms with E-state index in [0.29, 0.717) is 19.5 Å². The van der Waals surface area contributed by atoms with Gasteiger partial charge in [-0.15, -0.1) is 0 Å². The highest BCUT2D eigenvalue weighted by Crippen LogP contribution is 2.41. The number of benzene rings is 2. The van der Waals surface area contributed by atoms with Gasteiger partial charge in [-0.25, -0.2) is 4.39 Å². The highest BCUT2D eigenvalue weighted by Gasteiger charge is 2.43. The summed E-state index contributed by atoms with van der Waals surface area (Å²) >= 11 is 0. The molecule has 0 spiro atoms. The predicted molar refractivity (Wildman–Crippen MR) is 111 cm³/mol. The van der Waals surface area contributed by atoms with Crippen LogP contribution in [0.15, 0.2) is 54.6 Å². The second-order valence-electron chi connectivity index (χ2n) is 8.46. The van der Waals surface area contributed by atoms with E-state index in [0.717, 1.165) is 37.8 Å². The topological polar surface area (TPSA) is 52.6 Å². The second-order valence-corrected chi connectivity index (χ2v) is 8.46. The fourth-order valence-electron chi connectivity index (χ4n) is 4.96. The van der Waals surface area contributed by atoms with Crippen LogP contribution >= 0.6 is 0 Å². The van der Waals surface area contributed by atoms with Crippen molar-refractivity contribution in [2.45, 2.75) is 56.2 Å². The van der Waals surface area contributed by atoms with Crippen LogP contribution < -0.4 is 5.32 Å². The predicted octanol–water partition coefficient (Wildman–Crippen LogP) is 3.39. The van der Waals surface area contributed by atoms with Crippen LogP contribution in [-0.2, 0) is 16.8 Å². The number of hydrogen-bond donors (Lipinski definition) is 2. The molecule has 4 nitrogen and oxygen atoms in total. The fraction of sp³-hybridized carbons (Fsp3) is 0.458. The van der Waals surface area contributed by atoms with Crippen molar-refractivity contribution in [3.63, 3.8) is 0 Å². The van der Waals surface area contributed by atoms with Gasteiger partial charge < -0.3 is 10.4 Å². The maximum atomic E-state index is 13.4. The Labute approximate surface area is 171 Å². The van der Waals surface area contributed by atoms with E-state index in [4.69, 9.17) is 0 Å². The SMILES string of the molecule is O=C(NC[C@H]1C[C@H](O)CN1Cc1ccccc1)C1(c2ccc(F)cc2)CCCC1. The van der Waals surface area contributed by atoms with E-state index in [1.807, 2.05) is 18.2 Å². The first-order chi connectivity index (χ1) is 14.1. The molecule has 29 heavy (non-hydrogen) atoms. The monoisotopic (exact) mass is 396 g/mol. The van der Waals surface area contributed by atoms with Crippen molar-refractivity contribution in [2.75, 3.05) is 13.1 Å². The fourth-order valence-corrected chi connectivity index (χ4v) is 4.96. The van der Waals surface area contributed by atoms with Crippen molar-refractivity contribution >= 4 is 5.91 Å². The van der Waals surface area contributed by atoms with E-state index >= 15 is 0 Å². The van der Waals surface area contributed by atoms with Gasteiger partial charge in [0.05, 0.1) is 11.5 Å². The molecule has 1 heterocycles. The number of likely N-dealkylation sites (tertiary alicyclic amines) is 1. The Kier molecular flexibility index (Phi) is 5.97. The summed E-state index contributed by atoms with van der Waals surface area (Å²) in [4.78, 5) is 15.5. The van der Waals surface area contributed by atoms with Gasteiger partial charge in [0.25, 0.3) is 0 Å². The van der Waals surface area contributed by atoms with Crippen LogP contribution in [0.1, 0.15) is 43.2 Å². The lowest BCUT2D eigenvalue weighted by Crippen LogP contribution is -2.47. The van der Waals surface area contributed by atoms with Crippen molar-refractivity contribution in [1.29, 1.82) is 0 Å². The zero-order valence-corrected chi connectivity index (χ0v) is 16.7. The Morgan fingerprint density at radius 3 is 2.48 bits per heavy atom. The number of nitrogens with zero attached hydrogens (tertiary/aromatic N) is 1. The lowest BCUT2D eigenvalue weighted by molar-refractivity contribution is -0.126. The molecule has 0 radical (unpaired) electrons. The van der Waals surface area contributed by atoms with Gasteiger partial charge >= 0.3 is 0 Å². The number of carbonyl (C=O) groups is 1. The summed E-state index contributed by atoms with van der Waals surface area (Å²) in [5, 5.41) is 13.4. The van der Waals surface area contributed by atoms with Crippen molar-refractivity contribution in [3.8, 4) is 0 Å². The second kappa shape index (κ2) is 8.64. The van der Waals surface area contributed by atoms with Crippen LogP contribution in [-0.4, -0.2) is 41.1 Å². The smallest absolute Gasteiger partial charge is 0.230 e. The van der Waals surface area contributed by atoms with Crippen LogP contribution in [0.4, 0.5) is 4.39 Å². The third kappa shape index (κ3) is 4.36. The number of halogens is 1. The van der Waals surface area contributed by atoms with Crippen LogP contribution in [0.2, 0.25) is 0 Å². The van der Waals surface area contributed by atoms with Gasteiger partial charge in [-0.2, -0.15) is 0 Å². The number of hydrogen-bond acceptors (Lipinski definition) is 3. The maximum Gasteiger partial charge on any atom is 0.230 e. The average molecular weight is 397 g/mol. The molecule has 1 aliphatic carbocycles. The minimum Gasteiger partial charge on any atom is -0.392 e. The Balaban J connectivity index is 1.43. The van der Waals surface area contributed by atoms with E-state index in [1.54, 1.807) is 12.1 Å². The average Bonchev–Trinajstić information content (AvgIpc) is 3.35. The molecule has 2 fully saturated rings. The van der Waals surface area contributed by atoms with E-state index in [9.17, 15) is 14.3 Å². The van der Waals surface area contributed by atoms with Crippen molar-refractivity contribution < 1.29 is 14.3 Å². The maximum absolute atomic E-state index is 13.4. The van der Waals surface area contributed by atoms with Gasteiger partial charge in [0.2, 0.25) is 5.91 Å². The molecule has 0 bridgehead atoms. The molecule has 2 atom stereocenters. The molecule has 5 heteroatoms. The molecule has 2 aromatic carbocycles. The molecule has 154 valence electrons. The molecule has 1 saturated heterocycles. The summed E-state index contributed by atoms with van der Waals surface area (Å²) < 4.78 is 13.4. The Morgan fingerprint density at radius 1 is 1.10 bits per heavy atom. The number of amides is 1. The van der Waals surface area contributed by atoms with E-state index in [2.05, 4.69) is 22.3 Å². The molecule has 1 aliphatic heterocycles. The first kappa shape index (κ1) is 20.0. The van der Waals surface area contributed by atoms with Gasteiger partial charge in [0, 0.05) is 25.7 Å². The molecule has 1 amide bonds. The number of aliphatic hydroxyl groups excluding tert-OH is 1. The summed E-state index contributed by atoms with van der Waals surface area (Å²) in [6.45, 7) is 1.91. The largest absolute Gasteiger partial charge is 0.392 e. The standard InChI is InChI=1S/C24H29FN2O2/c25-20-10-8-19(9-11-20)24(12-4-5-13-24)23(29)26-15-21-14-22(28)17-27(21)16-18-6-2-1-3-7-18/h1-3,6-11,21-22,28H,4-5,12-17H2,(H,26,29)/t21-,22+/m1/s1. The van der Waals surface area contributed by atoms with Gasteiger partial charge in [-0.3, -0.25) is 9.69 Å². The minimum atomic E-state index is -0.560. The van der Waals surface area contributed by atoms with Crippen LogP contribution in [0, 0.1) is 5.82 Å². The van der Waals surface area contributed by atoms with Gasteiger partial charge in [-0.05, 0) is 42.5 Å². The molecule has 2 N–H and O–H groups in total. The van der Waals surface area contributed by atoms with Gasteiger partial charge in [0.1, 0.15) is 5.82 Å². The molecule has 0 aromatic heterocycles. The molecule has 1 saturated carbocycles. The summed E-state index contributed by atoms with van der Waals surface area (Å²) in [6, 6.07) is 16.7. The normalized spacial score (nSPS) is 23.9. The lowest BCUT2D eigenvalue weighted by atomic mass is 9.78. The molecule has 0 unspecified atom stereocenters. The van der Waals surface area contributed by atoms with Crippen molar-refractivity contribution in [1.82, 2.24) is 10.2 Å². The van der Waals surface area contributed by atoms with E-state index in [-0.39, 0.29) is 23.9 Å². The number of aliphatic hydroxyl groups is 1. The summed E-state index contributed by atoms with van der Waals surface area (Å²) in [5.74, 6) is -0.249. The number of nitrogens with one attached hydrogen (secondary N) is 1. The highest BCUT2D eigenvalue weighted by atomic mass is 19.1. The Bertz CT molecular complexity index is 819. The van der Waals surface area contributed by atoms with Crippen LogP contribution in [0.3, 0.4) is 0 Å². The van der Waals surface area contributed by atoms with Crippen LogP contribution in [0.25, 0.3) is 0 Å². The number of β-amino-alcohol motifs (C(OH)–C–C–N with tert-alkyl or cyclic N) is 1. The quantitative estimate of drug-likeness (QED) is 0.787. The molecule has 4 rings (SSSR count). The third-order valence-electron chi connectivity index (χ3n) is 6.52. The first-order valence-electron chi connectivity index (χ1n) is 10.6. The van der Waals surface area contributed by atoms with Gasteiger partial charge in [0.15, 0.2) is 0 Å².